The number of aryl methyl sites for hydroxylation is 1. The molecule has 0 aliphatic carbocycles. The molecule has 3 rings (SSSR count). The molecule has 1 aliphatic heterocycles. The average Bonchev–Trinajstić information content (AvgIpc) is 2.81. The van der Waals surface area contributed by atoms with Crippen LogP contribution in [0.2, 0.25) is 5.02 Å². The molecule has 2 N–H and O–H groups in total. The molecule has 0 saturated heterocycles. The van der Waals surface area contributed by atoms with E-state index in [4.69, 9.17) is 11.6 Å². The molecule has 0 saturated carbocycles. The molecule has 1 atom stereocenters. The molecule has 0 fully saturated rings. The minimum Gasteiger partial charge on any atom is -0.325 e. The molecule has 0 bridgehead atoms. The van der Waals surface area contributed by atoms with Crippen LogP contribution in [0, 0.1) is 12.8 Å². The van der Waals surface area contributed by atoms with Gasteiger partial charge in [-0.05, 0) is 19.1 Å². The number of rotatable bonds is 3. The van der Waals surface area contributed by atoms with Gasteiger partial charge in [-0.1, -0.05) is 23.7 Å². The van der Waals surface area contributed by atoms with Crippen LogP contribution in [-0.4, -0.2) is 26.6 Å². The zero-order valence-electron chi connectivity index (χ0n) is 11.8. The summed E-state index contributed by atoms with van der Waals surface area (Å²) in [5.41, 5.74) is 0.530. The first kappa shape index (κ1) is 14.5. The van der Waals surface area contributed by atoms with Gasteiger partial charge in [0.25, 0.3) is 0 Å². The highest BCUT2D eigenvalue weighted by Gasteiger charge is 2.30. The predicted molar refractivity (Wildman–Crippen MR) is 81.6 cm³/mol. The van der Waals surface area contributed by atoms with Crippen LogP contribution < -0.4 is 10.6 Å². The number of halogens is 1. The van der Waals surface area contributed by atoms with E-state index in [1.165, 1.54) is 0 Å². The van der Waals surface area contributed by atoms with Crippen molar-refractivity contribution < 1.29 is 9.59 Å². The summed E-state index contributed by atoms with van der Waals surface area (Å²) in [4.78, 5) is 28.2. The smallest absolute Gasteiger partial charge is 0.232 e. The number of carbonyl (C=O) groups is 2. The summed E-state index contributed by atoms with van der Waals surface area (Å²) in [6, 6.07) is 6.95. The first-order chi connectivity index (χ1) is 10.5. The minimum absolute atomic E-state index is 0.0510. The number of fused-ring (bicyclic) bond motifs is 1. The van der Waals surface area contributed by atoms with Gasteiger partial charge in [-0.2, -0.15) is 10.1 Å². The highest BCUT2D eigenvalue weighted by Crippen LogP contribution is 2.23. The van der Waals surface area contributed by atoms with Crippen molar-refractivity contribution in [1.29, 1.82) is 0 Å². The van der Waals surface area contributed by atoms with Crippen molar-refractivity contribution in [3.8, 4) is 0 Å². The van der Waals surface area contributed by atoms with Gasteiger partial charge in [-0.25, -0.2) is 4.68 Å². The lowest BCUT2D eigenvalue weighted by molar-refractivity contribution is -0.125. The Morgan fingerprint density at radius 2 is 2.27 bits per heavy atom. The average molecular weight is 320 g/mol. The van der Waals surface area contributed by atoms with E-state index < -0.39 is 5.92 Å². The number of nitrogens with one attached hydrogen (secondary N) is 2. The molecule has 7 nitrogen and oxygen atoms in total. The van der Waals surface area contributed by atoms with Crippen LogP contribution in [0.25, 0.3) is 0 Å². The monoisotopic (exact) mass is 319 g/mol. The molecule has 1 aliphatic rings. The third kappa shape index (κ3) is 2.94. The Kier molecular flexibility index (Phi) is 3.81. The van der Waals surface area contributed by atoms with Gasteiger partial charge in [0, 0.05) is 6.42 Å². The van der Waals surface area contributed by atoms with Gasteiger partial charge in [0.05, 0.1) is 23.2 Å². The van der Waals surface area contributed by atoms with Crippen molar-refractivity contribution in [2.45, 2.75) is 19.9 Å². The summed E-state index contributed by atoms with van der Waals surface area (Å²) in [6.07, 6.45) is 0.0510. The number of amides is 2. The van der Waals surface area contributed by atoms with E-state index in [-0.39, 0.29) is 18.2 Å². The normalized spacial score (nSPS) is 16.8. The topological polar surface area (TPSA) is 88.9 Å². The maximum Gasteiger partial charge on any atom is 0.232 e. The van der Waals surface area contributed by atoms with Gasteiger partial charge in [0.1, 0.15) is 5.82 Å². The Morgan fingerprint density at radius 3 is 3.05 bits per heavy atom. The Labute approximate surface area is 131 Å². The fourth-order valence-corrected chi connectivity index (χ4v) is 2.51. The maximum absolute atomic E-state index is 12.1. The van der Waals surface area contributed by atoms with Crippen LogP contribution in [0.4, 0.5) is 11.6 Å². The highest BCUT2D eigenvalue weighted by atomic mass is 35.5. The Hall–Kier alpha value is -2.41. The Balaban J connectivity index is 1.67. The molecule has 2 aromatic rings. The molecule has 0 radical (unpaired) electrons. The molecule has 2 heterocycles. The number of aromatic nitrogens is 3. The van der Waals surface area contributed by atoms with Crippen LogP contribution >= 0.6 is 11.6 Å². The number of carbonyl (C=O) groups excluding carboxylic acids is 2. The first-order valence-electron chi connectivity index (χ1n) is 6.79. The minimum atomic E-state index is -0.490. The number of hydrogen-bond acceptors (Lipinski definition) is 4. The number of anilines is 2. The second-order valence-electron chi connectivity index (χ2n) is 5.08. The largest absolute Gasteiger partial charge is 0.325 e. The van der Waals surface area contributed by atoms with Gasteiger partial charge < -0.3 is 5.32 Å². The zero-order valence-corrected chi connectivity index (χ0v) is 12.6. The van der Waals surface area contributed by atoms with Crippen molar-refractivity contribution in [1.82, 2.24) is 14.8 Å². The SMILES string of the molecule is Cc1nc2n(n1)CC(CC(=O)Nc1ccccc1Cl)C(=O)N2. The summed E-state index contributed by atoms with van der Waals surface area (Å²) < 4.78 is 1.60. The fraction of sp³-hybridized carbons (Fsp3) is 0.286. The maximum atomic E-state index is 12.1. The number of hydrogen-bond donors (Lipinski definition) is 2. The van der Waals surface area contributed by atoms with Crippen LogP contribution in [0.15, 0.2) is 24.3 Å². The molecule has 1 aromatic heterocycles. The van der Waals surface area contributed by atoms with Gasteiger partial charge in [0.15, 0.2) is 0 Å². The molecular weight excluding hydrogens is 306 g/mol. The molecule has 1 aromatic carbocycles. The summed E-state index contributed by atoms with van der Waals surface area (Å²) in [7, 11) is 0. The lowest BCUT2D eigenvalue weighted by Gasteiger charge is -2.21. The lowest BCUT2D eigenvalue weighted by atomic mass is 10.0. The van der Waals surface area contributed by atoms with E-state index >= 15 is 0 Å². The standard InChI is InChI=1S/C14H14ClN5O2/c1-8-16-14-18-13(22)9(7-20(14)19-8)6-12(21)17-11-5-3-2-4-10(11)15/h2-5,9H,6-7H2,1H3,(H,17,21)(H,16,18,19,22). The zero-order chi connectivity index (χ0) is 15.7. The molecule has 2 amide bonds. The van der Waals surface area contributed by atoms with Crippen molar-refractivity contribution in [2.24, 2.45) is 5.92 Å². The van der Waals surface area contributed by atoms with E-state index in [2.05, 4.69) is 20.7 Å². The second kappa shape index (κ2) is 5.76. The summed E-state index contributed by atoms with van der Waals surface area (Å²) in [5, 5.41) is 10.0. The van der Waals surface area contributed by atoms with Crippen molar-refractivity contribution in [3.05, 3.63) is 35.1 Å². The quantitative estimate of drug-likeness (QED) is 0.903. The van der Waals surface area contributed by atoms with E-state index in [9.17, 15) is 9.59 Å². The highest BCUT2D eigenvalue weighted by molar-refractivity contribution is 6.33. The Bertz CT molecular complexity index is 743. The third-order valence-electron chi connectivity index (χ3n) is 3.36. The van der Waals surface area contributed by atoms with Crippen LogP contribution in [-0.2, 0) is 16.1 Å². The molecule has 0 spiro atoms. The molecule has 8 heteroatoms. The molecule has 22 heavy (non-hydrogen) atoms. The van der Waals surface area contributed by atoms with Gasteiger partial charge in [-0.3, -0.25) is 14.9 Å². The van der Waals surface area contributed by atoms with Crippen LogP contribution in [0.1, 0.15) is 12.2 Å². The van der Waals surface area contributed by atoms with E-state index in [0.29, 0.717) is 29.0 Å². The Morgan fingerprint density at radius 1 is 1.50 bits per heavy atom. The molecule has 1 unspecified atom stereocenters. The first-order valence-corrected chi connectivity index (χ1v) is 7.17. The summed E-state index contributed by atoms with van der Waals surface area (Å²) >= 11 is 5.99. The third-order valence-corrected chi connectivity index (χ3v) is 3.69. The lowest BCUT2D eigenvalue weighted by Crippen LogP contribution is -2.36. The van der Waals surface area contributed by atoms with E-state index in [0.717, 1.165) is 0 Å². The summed E-state index contributed by atoms with van der Waals surface area (Å²) in [6.45, 7) is 2.08. The fourth-order valence-electron chi connectivity index (χ4n) is 2.32. The van der Waals surface area contributed by atoms with Gasteiger partial charge in [-0.15, -0.1) is 0 Å². The van der Waals surface area contributed by atoms with Crippen molar-refractivity contribution in [2.75, 3.05) is 10.6 Å². The van der Waals surface area contributed by atoms with Crippen molar-refractivity contribution >= 4 is 35.1 Å². The van der Waals surface area contributed by atoms with Crippen LogP contribution in [0.3, 0.4) is 0 Å². The molecule has 114 valence electrons. The van der Waals surface area contributed by atoms with E-state index in [1.807, 2.05) is 0 Å². The second-order valence-corrected chi connectivity index (χ2v) is 5.49. The van der Waals surface area contributed by atoms with Crippen LogP contribution in [0.5, 0.6) is 0 Å². The summed E-state index contributed by atoms with van der Waals surface area (Å²) in [5.74, 6) is 0.0144. The van der Waals surface area contributed by atoms with Crippen molar-refractivity contribution in [3.63, 3.8) is 0 Å². The molecular formula is C14H14ClN5O2. The van der Waals surface area contributed by atoms with Gasteiger partial charge in [0.2, 0.25) is 17.8 Å². The predicted octanol–water partition coefficient (Wildman–Crippen LogP) is 1.84. The number of para-hydroxylation sites is 1. The number of nitrogens with zero attached hydrogens (tertiary/aromatic N) is 3. The van der Waals surface area contributed by atoms with E-state index in [1.54, 1.807) is 35.9 Å². The van der Waals surface area contributed by atoms with Gasteiger partial charge >= 0.3 is 0 Å². The number of benzene rings is 1.